The second kappa shape index (κ2) is 42.6. The van der Waals surface area contributed by atoms with Crippen molar-refractivity contribution in [3.63, 3.8) is 0 Å². The fourth-order valence-corrected chi connectivity index (χ4v) is 9.69. The van der Waals surface area contributed by atoms with Crippen LogP contribution >= 0.6 is 0 Å². The highest BCUT2D eigenvalue weighted by atomic mass is 19.4. The fraction of sp³-hybridized carbons (Fsp3) is 0.306. The molecule has 1 aliphatic rings. The van der Waals surface area contributed by atoms with Crippen LogP contribution in [0.4, 0.5) is 79.0 Å². The number of alkyl halides is 18. The Hall–Kier alpha value is -11.9. The molecule has 0 fully saturated rings. The van der Waals surface area contributed by atoms with Gasteiger partial charge in [0.2, 0.25) is 0 Å². The Bertz CT molecular complexity index is 4050. The number of aromatic hydroxyl groups is 2. The summed E-state index contributed by atoms with van der Waals surface area (Å²) in [5, 5.41) is 67.8. The van der Waals surface area contributed by atoms with Gasteiger partial charge in [0, 0.05) is 61.6 Å². The van der Waals surface area contributed by atoms with Crippen molar-refractivity contribution < 1.29 is 158 Å². The first-order chi connectivity index (χ1) is 52.7. The zero-order valence-corrected chi connectivity index (χ0v) is 59.2. The van der Waals surface area contributed by atoms with E-state index >= 15 is 0 Å². The summed E-state index contributed by atoms with van der Waals surface area (Å²) in [6.07, 6.45) is -19.3. The lowest BCUT2D eigenvalue weighted by Gasteiger charge is -2.23. The lowest BCUT2D eigenvalue weighted by Crippen LogP contribution is -2.21. The first-order valence-corrected chi connectivity index (χ1v) is 32.3. The number of hydrogen-bond donors (Lipinski definition) is 12. The minimum absolute atomic E-state index is 0.194. The van der Waals surface area contributed by atoms with Gasteiger partial charge in [-0.1, -0.05) is 72.8 Å². The molecule has 42 heteroatoms. The van der Waals surface area contributed by atoms with Crippen LogP contribution in [0.1, 0.15) is 89.0 Å². The number of phenols is 2. The van der Waals surface area contributed by atoms with Gasteiger partial charge in [0.25, 0.3) is 0 Å². The minimum Gasteiger partial charge on any atom is -0.507 e. The van der Waals surface area contributed by atoms with Crippen molar-refractivity contribution in [1.29, 1.82) is 0 Å². The van der Waals surface area contributed by atoms with Gasteiger partial charge in [-0.25, -0.2) is 28.8 Å². The third-order valence-corrected chi connectivity index (χ3v) is 14.7. The molecule has 4 aromatic heterocycles. The number of carboxylic acids is 6. The molecule has 4 aromatic carbocycles. The van der Waals surface area contributed by atoms with Crippen molar-refractivity contribution in [1.82, 2.24) is 19.9 Å². The van der Waals surface area contributed by atoms with Crippen LogP contribution in [-0.2, 0) is 93.3 Å². The number of aliphatic carboxylic acids is 6. The SMILES string of the molecule is Cc1ccc(-c2ccc(COc3c4cc(CCN)cc3Cc3cc(CCN)cc(c3O)Cc3cc(CCN)cc(c3OCc3ccc(-c5ccc(C)cn5)nc3)Cc3cc(CCN)cc(c3O)C4)cn2)nc1.O=C(O)C(F)(F)F.O=C(O)C(F)(F)F.O=C(O)C(F)(F)F.O=C(O)C(F)(F)F.O=C(O)C(F)(F)F.O=C(O)C(F)(F)F. The predicted molar refractivity (Wildman–Crippen MR) is 367 cm³/mol. The van der Waals surface area contributed by atoms with E-state index in [0.29, 0.717) is 89.0 Å². The third kappa shape index (κ3) is 32.4. The van der Waals surface area contributed by atoms with E-state index in [1.165, 1.54) is 0 Å². The number of ether oxygens (including phenoxy) is 2. The van der Waals surface area contributed by atoms with E-state index in [0.717, 1.165) is 112 Å². The number of pyridine rings is 4. The first-order valence-electron chi connectivity index (χ1n) is 32.3. The highest BCUT2D eigenvalue weighted by Gasteiger charge is 2.41. The van der Waals surface area contributed by atoms with E-state index in [2.05, 4.69) is 58.5 Å². The average molecular weight is 1650 g/mol. The maximum Gasteiger partial charge on any atom is 0.490 e. The normalized spacial score (nSPS) is 11.9. The zero-order chi connectivity index (χ0) is 86.6. The molecule has 0 spiro atoms. The standard InChI is InChI=1S/C60H64N8O4.6C2HF3O2/c1-37-3-7-53(65-31-37)55-9-5-43(33-67-55)35-71-59-49-23-41(13-17-63)24-50(59)28-46-20-40(12-16-62)22-48(58(46)70)30-52-26-42(14-18-64)25-51(29-47-21-39(11-15-61)19-45(27-49)57(47)69)60(52)72-36-44-6-10-56(68-34-44)54-8-4-38(2)32-66-54;6*3-2(4,5)1(6)7/h3-10,19-26,31-34,69-70H,11-18,27-30,35-36,61-64H2,1-2H3;6*(H,6,7). The summed E-state index contributed by atoms with van der Waals surface area (Å²) >= 11 is 0. The summed E-state index contributed by atoms with van der Waals surface area (Å²) in [5.41, 5.74) is 42.6. The number of nitrogens with zero attached hydrogens (tertiary/aromatic N) is 4. The van der Waals surface area contributed by atoms with Gasteiger partial charge in [-0.2, -0.15) is 79.0 Å². The third-order valence-electron chi connectivity index (χ3n) is 14.7. The van der Waals surface area contributed by atoms with Gasteiger partial charge >= 0.3 is 72.9 Å². The molecule has 0 saturated heterocycles. The van der Waals surface area contributed by atoms with Crippen LogP contribution in [0, 0.1) is 13.8 Å². The summed E-state index contributed by atoms with van der Waals surface area (Å²) in [7, 11) is 0. The molecule has 0 atom stereocenters. The molecule has 0 aliphatic heterocycles. The molecule has 24 nitrogen and oxygen atoms in total. The van der Waals surface area contributed by atoms with E-state index in [1.54, 1.807) is 0 Å². The van der Waals surface area contributed by atoms with E-state index < -0.39 is 72.9 Å². The van der Waals surface area contributed by atoms with Crippen LogP contribution in [0.3, 0.4) is 0 Å². The van der Waals surface area contributed by atoms with Crippen molar-refractivity contribution in [2.24, 2.45) is 22.9 Å². The smallest absolute Gasteiger partial charge is 0.490 e. The van der Waals surface area contributed by atoms with Gasteiger partial charge < -0.3 is 73.3 Å². The Balaban J connectivity index is 0.000000650. The van der Waals surface area contributed by atoms with Gasteiger partial charge in [0.15, 0.2) is 0 Å². The number of hydrogen-bond acceptors (Lipinski definition) is 18. The Morgan fingerprint density at radius 3 is 0.658 bits per heavy atom. The quantitative estimate of drug-likeness (QED) is 0.0400. The van der Waals surface area contributed by atoms with Crippen molar-refractivity contribution >= 4 is 35.8 Å². The highest BCUT2D eigenvalue weighted by molar-refractivity contribution is 5.75. The second-order valence-corrected chi connectivity index (χ2v) is 23.8. The molecule has 114 heavy (non-hydrogen) atoms. The van der Waals surface area contributed by atoms with Crippen molar-refractivity contribution in [3.8, 4) is 45.8 Å². The molecule has 4 heterocycles. The summed E-state index contributed by atoms with van der Waals surface area (Å²) in [5.74, 6) is -14.8. The number of aromatic nitrogens is 4. The number of fused-ring (bicyclic) bond motifs is 8. The molecule has 0 amide bonds. The van der Waals surface area contributed by atoms with Gasteiger partial charge in [-0.05, 0) is 168 Å². The van der Waals surface area contributed by atoms with E-state index in [-0.39, 0.29) is 24.7 Å². The van der Waals surface area contributed by atoms with E-state index in [9.17, 15) is 89.2 Å². The van der Waals surface area contributed by atoms with Crippen LogP contribution in [0.2, 0.25) is 0 Å². The Morgan fingerprint density at radius 1 is 0.316 bits per heavy atom. The topological polar surface area (TPSA) is 438 Å². The number of nitrogens with two attached hydrogens (primary N) is 4. The molecule has 8 aromatic rings. The molecule has 16 N–H and O–H groups in total. The number of carbonyl (C=O) groups is 6. The summed E-state index contributed by atoms with van der Waals surface area (Å²) < 4.78 is 204. The van der Waals surface area contributed by atoms with Crippen molar-refractivity contribution in [2.45, 2.75) is 115 Å². The van der Waals surface area contributed by atoms with Gasteiger partial charge in [-0.15, -0.1) is 0 Å². The highest BCUT2D eigenvalue weighted by Crippen LogP contribution is 2.41. The van der Waals surface area contributed by atoms with E-state index in [1.807, 2.05) is 87.2 Å². The molecule has 8 bridgehead atoms. The Labute approximate surface area is 633 Å². The Kier molecular flexibility index (Phi) is 36.0. The van der Waals surface area contributed by atoms with Crippen LogP contribution in [-0.4, -0.2) is 160 Å². The number of carboxylic acid groups (broad SMARTS) is 6. The Morgan fingerprint density at radius 2 is 0.500 bits per heavy atom. The molecule has 0 radical (unpaired) electrons. The molecule has 620 valence electrons. The number of rotatable bonds is 16. The van der Waals surface area contributed by atoms with Crippen molar-refractivity contribution in [2.75, 3.05) is 26.2 Å². The van der Waals surface area contributed by atoms with Crippen LogP contribution in [0.5, 0.6) is 23.0 Å². The maximum absolute atomic E-state index is 12.5. The van der Waals surface area contributed by atoms with Gasteiger partial charge in [0.05, 0.1) is 22.8 Å². The molecule has 0 unspecified atom stereocenters. The summed E-state index contributed by atoms with van der Waals surface area (Å²) in [6, 6.07) is 32.7. The molecule has 9 rings (SSSR count). The first kappa shape index (κ1) is 96.3. The van der Waals surface area contributed by atoms with Gasteiger partial charge in [-0.3, -0.25) is 19.9 Å². The summed E-state index contributed by atoms with van der Waals surface area (Å²) in [4.78, 5) is 72.0. The van der Waals surface area contributed by atoms with Crippen LogP contribution in [0.15, 0.2) is 122 Å². The summed E-state index contributed by atoms with van der Waals surface area (Å²) in [6.45, 7) is 6.23. The second-order valence-electron chi connectivity index (χ2n) is 23.8. The largest absolute Gasteiger partial charge is 0.507 e. The molecular formula is C72H70F18N8O16. The molecular weight excluding hydrogens is 1570 g/mol. The molecule has 0 saturated carbocycles. The lowest BCUT2D eigenvalue weighted by atomic mass is 9.87. The van der Waals surface area contributed by atoms with Crippen molar-refractivity contribution in [3.05, 3.63) is 211 Å². The zero-order valence-electron chi connectivity index (χ0n) is 59.2. The number of halogens is 18. The number of phenolic OH excluding ortho intramolecular Hbond substituents is 2. The van der Waals surface area contributed by atoms with E-state index in [4.69, 9.17) is 102 Å². The number of benzene rings is 4. The number of aryl methyl sites for hydroxylation is 2. The van der Waals surface area contributed by atoms with Crippen LogP contribution in [0.25, 0.3) is 22.8 Å². The van der Waals surface area contributed by atoms with Crippen LogP contribution < -0.4 is 32.4 Å². The maximum atomic E-state index is 12.5. The molecule has 1 aliphatic carbocycles. The fourth-order valence-electron chi connectivity index (χ4n) is 9.69. The van der Waals surface area contributed by atoms with Gasteiger partial charge in [0.1, 0.15) is 36.2 Å². The monoisotopic (exact) mass is 1640 g/mol. The minimum atomic E-state index is -5.08. The average Bonchev–Trinajstić information content (AvgIpc) is 0.832. The lowest BCUT2D eigenvalue weighted by molar-refractivity contribution is -0.193. The predicted octanol–water partition coefficient (Wildman–Crippen LogP) is 12.3.